The van der Waals surface area contributed by atoms with Crippen molar-refractivity contribution < 1.29 is 13.2 Å². The summed E-state index contributed by atoms with van der Waals surface area (Å²) in [5.41, 5.74) is -0.247. The molecule has 0 fully saturated rings. The highest BCUT2D eigenvalue weighted by Crippen LogP contribution is 2.33. The fourth-order valence-corrected chi connectivity index (χ4v) is 3.29. The largest absolute Gasteiger partial charge is 0.416 e. The van der Waals surface area contributed by atoms with Crippen LogP contribution in [-0.4, -0.2) is 23.5 Å². The fourth-order valence-electron chi connectivity index (χ4n) is 1.92. The molecule has 2 nitrogen and oxygen atoms in total. The van der Waals surface area contributed by atoms with Crippen LogP contribution in [0.2, 0.25) is 0 Å². The van der Waals surface area contributed by atoms with Crippen LogP contribution in [0.1, 0.15) is 24.8 Å². The van der Waals surface area contributed by atoms with Crippen molar-refractivity contribution in [2.24, 2.45) is 0 Å². The molecule has 0 amide bonds. The first-order valence-electron chi connectivity index (χ1n) is 6.71. The molecule has 0 saturated carbocycles. The molecule has 2 aromatic rings. The van der Waals surface area contributed by atoms with Crippen LogP contribution in [0.4, 0.5) is 18.3 Å². The van der Waals surface area contributed by atoms with Crippen molar-refractivity contribution in [2.45, 2.75) is 25.4 Å². The van der Waals surface area contributed by atoms with Crippen molar-refractivity contribution in [3.8, 4) is 0 Å². The van der Waals surface area contributed by atoms with Gasteiger partial charge in [-0.15, -0.1) is 0 Å². The maximum Gasteiger partial charge on any atom is 0.416 e. The van der Waals surface area contributed by atoms with Gasteiger partial charge >= 0.3 is 6.18 Å². The monoisotopic (exact) mass is 334 g/mol. The van der Waals surface area contributed by atoms with E-state index < -0.39 is 11.7 Å². The van der Waals surface area contributed by atoms with Gasteiger partial charge in [0.05, 0.1) is 15.8 Å². The van der Waals surface area contributed by atoms with Crippen LogP contribution in [0.15, 0.2) is 18.2 Å². The second-order valence-electron chi connectivity index (χ2n) is 4.68. The Labute approximate surface area is 130 Å². The number of thioether (sulfide) groups is 1. The summed E-state index contributed by atoms with van der Waals surface area (Å²) in [7, 11) is 0. The van der Waals surface area contributed by atoms with E-state index in [1.54, 1.807) is 0 Å². The minimum atomic E-state index is -4.32. The molecule has 0 aliphatic heterocycles. The van der Waals surface area contributed by atoms with Crippen LogP contribution in [0.25, 0.3) is 10.2 Å². The highest BCUT2D eigenvalue weighted by Gasteiger charge is 2.30. The Hall–Kier alpha value is -0.950. The summed E-state index contributed by atoms with van der Waals surface area (Å²) in [5, 5.41) is 3.88. The molecule has 0 bridgehead atoms. The van der Waals surface area contributed by atoms with Gasteiger partial charge in [0.25, 0.3) is 0 Å². The Kier molecular flexibility index (Phi) is 5.75. The van der Waals surface area contributed by atoms with Crippen molar-refractivity contribution in [1.29, 1.82) is 0 Å². The first-order chi connectivity index (χ1) is 10.0. The molecule has 116 valence electrons. The highest BCUT2D eigenvalue weighted by atomic mass is 32.2. The number of hydrogen-bond donors (Lipinski definition) is 1. The number of rotatable bonds is 7. The molecule has 1 aromatic carbocycles. The number of aromatic nitrogens is 1. The first-order valence-corrected chi connectivity index (χ1v) is 8.92. The number of alkyl halides is 3. The molecule has 21 heavy (non-hydrogen) atoms. The standard InChI is InChI=1S/C14H17F3N2S2/c1-20-8-4-2-3-7-18-13-19-11-9-10(14(15,16)17)5-6-12(11)21-13/h5-6,9H,2-4,7-8H2,1H3,(H,18,19). The van der Waals surface area contributed by atoms with Crippen LogP contribution in [-0.2, 0) is 6.18 Å². The highest BCUT2D eigenvalue weighted by molar-refractivity contribution is 7.98. The molecule has 0 aliphatic rings. The minimum Gasteiger partial charge on any atom is -0.361 e. The second-order valence-corrected chi connectivity index (χ2v) is 6.70. The maximum absolute atomic E-state index is 12.6. The van der Waals surface area contributed by atoms with Crippen molar-refractivity contribution in [3.05, 3.63) is 23.8 Å². The normalized spacial score (nSPS) is 12.0. The average Bonchev–Trinajstić information content (AvgIpc) is 2.83. The van der Waals surface area contributed by atoms with E-state index in [1.165, 1.54) is 29.6 Å². The molecular formula is C14H17F3N2S2. The lowest BCUT2D eigenvalue weighted by atomic mass is 10.2. The van der Waals surface area contributed by atoms with E-state index in [0.29, 0.717) is 10.6 Å². The number of unbranched alkanes of at least 4 members (excludes halogenated alkanes) is 2. The van der Waals surface area contributed by atoms with Crippen molar-refractivity contribution in [2.75, 3.05) is 23.9 Å². The molecular weight excluding hydrogens is 317 g/mol. The number of benzene rings is 1. The molecule has 2 rings (SSSR count). The predicted octanol–water partition coefficient (Wildman–Crippen LogP) is 5.26. The Morgan fingerprint density at radius 3 is 2.76 bits per heavy atom. The summed E-state index contributed by atoms with van der Waals surface area (Å²) in [6.07, 6.45) is 1.16. The Morgan fingerprint density at radius 1 is 1.24 bits per heavy atom. The molecule has 1 aromatic heterocycles. The molecule has 7 heteroatoms. The average molecular weight is 334 g/mol. The van der Waals surface area contributed by atoms with Crippen LogP contribution in [0.3, 0.4) is 0 Å². The van der Waals surface area contributed by atoms with Crippen LogP contribution >= 0.6 is 23.1 Å². The zero-order valence-electron chi connectivity index (χ0n) is 11.7. The van der Waals surface area contributed by atoms with E-state index in [2.05, 4.69) is 16.6 Å². The molecule has 0 radical (unpaired) electrons. The molecule has 0 saturated heterocycles. The number of nitrogens with zero attached hydrogens (tertiary/aromatic N) is 1. The third-order valence-corrected chi connectivity index (χ3v) is 4.71. The van der Waals surface area contributed by atoms with Gasteiger partial charge in [-0.1, -0.05) is 17.8 Å². The summed E-state index contributed by atoms with van der Waals surface area (Å²) in [6.45, 7) is 0.806. The summed E-state index contributed by atoms with van der Waals surface area (Å²) in [6, 6.07) is 3.70. The van der Waals surface area contributed by atoms with Gasteiger partial charge < -0.3 is 5.32 Å². The topological polar surface area (TPSA) is 24.9 Å². The summed E-state index contributed by atoms with van der Waals surface area (Å²) < 4.78 is 38.7. The van der Waals surface area contributed by atoms with E-state index in [4.69, 9.17) is 0 Å². The van der Waals surface area contributed by atoms with Crippen molar-refractivity contribution in [1.82, 2.24) is 4.98 Å². The number of nitrogens with one attached hydrogen (secondary N) is 1. The summed E-state index contributed by atoms with van der Waals surface area (Å²) in [4.78, 5) is 4.22. The lowest BCUT2D eigenvalue weighted by Gasteiger charge is -2.04. The van der Waals surface area contributed by atoms with Crippen LogP contribution in [0.5, 0.6) is 0 Å². The maximum atomic E-state index is 12.6. The van der Waals surface area contributed by atoms with Gasteiger partial charge in [-0.05, 0) is 43.0 Å². The van der Waals surface area contributed by atoms with Gasteiger partial charge in [0.2, 0.25) is 0 Å². The third-order valence-electron chi connectivity index (χ3n) is 3.02. The van der Waals surface area contributed by atoms with Crippen molar-refractivity contribution in [3.63, 3.8) is 0 Å². The van der Waals surface area contributed by atoms with E-state index in [-0.39, 0.29) is 0 Å². The Morgan fingerprint density at radius 2 is 2.05 bits per heavy atom. The van der Waals surface area contributed by atoms with Gasteiger partial charge in [0.15, 0.2) is 5.13 Å². The lowest BCUT2D eigenvalue weighted by Crippen LogP contribution is -2.04. The molecule has 0 aliphatic carbocycles. The van der Waals surface area contributed by atoms with Crippen LogP contribution in [0, 0.1) is 0 Å². The van der Waals surface area contributed by atoms with E-state index >= 15 is 0 Å². The van der Waals surface area contributed by atoms with Gasteiger partial charge in [0, 0.05) is 6.54 Å². The summed E-state index contributed by atoms with van der Waals surface area (Å²) in [5.74, 6) is 1.17. The molecule has 1 N–H and O–H groups in total. The smallest absolute Gasteiger partial charge is 0.361 e. The zero-order chi connectivity index (χ0) is 15.3. The number of halogens is 3. The molecule has 1 heterocycles. The Bertz CT molecular complexity index is 581. The third kappa shape index (κ3) is 4.78. The molecule has 0 atom stereocenters. The zero-order valence-corrected chi connectivity index (χ0v) is 13.3. The minimum absolute atomic E-state index is 0.403. The second kappa shape index (κ2) is 7.35. The Balaban J connectivity index is 1.93. The van der Waals surface area contributed by atoms with Crippen molar-refractivity contribution >= 4 is 38.4 Å². The van der Waals surface area contributed by atoms with Gasteiger partial charge in [-0.2, -0.15) is 24.9 Å². The van der Waals surface area contributed by atoms with Gasteiger partial charge in [-0.3, -0.25) is 0 Å². The van der Waals surface area contributed by atoms with E-state index in [9.17, 15) is 13.2 Å². The fraction of sp³-hybridized carbons (Fsp3) is 0.500. The lowest BCUT2D eigenvalue weighted by molar-refractivity contribution is -0.137. The predicted molar refractivity (Wildman–Crippen MR) is 85.3 cm³/mol. The van der Waals surface area contributed by atoms with E-state index in [1.807, 2.05) is 11.8 Å². The number of anilines is 1. The summed E-state index contributed by atoms with van der Waals surface area (Å²) >= 11 is 3.23. The SMILES string of the molecule is CSCCCCCNc1nc2cc(C(F)(F)F)ccc2s1. The van der Waals surface area contributed by atoms with Gasteiger partial charge in [0.1, 0.15) is 0 Å². The number of hydrogen-bond acceptors (Lipinski definition) is 4. The molecule has 0 spiro atoms. The van der Waals surface area contributed by atoms with E-state index in [0.717, 1.165) is 36.2 Å². The quantitative estimate of drug-likeness (QED) is 0.699. The first kappa shape index (κ1) is 16.4. The number of fused-ring (bicyclic) bond motifs is 1. The van der Waals surface area contributed by atoms with Crippen LogP contribution < -0.4 is 5.32 Å². The van der Waals surface area contributed by atoms with Gasteiger partial charge in [-0.25, -0.2) is 4.98 Å². The number of thiazole rings is 1. The molecule has 0 unspecified atom stereocenters.